The first-order valence-electron chi connectivity index (χ1n) is 15.2. The van der Waals surface area contributed by atoms with Gasteiger partial charge in [0, 0.05) is 48.6 Å². The summed E-state index contributed by atoms with van der Waals surface area (Å²) in [5.41, 5.74) is -0.810. The standard InChI is InChI=1S/C34H34F3N5O3/c1-4-23-26(36)7-6-20-12-22(43)13-24(27(20)23)29-28(37)30-25(15-38-29)31(41-10-11-44-18-33(2,3)17-41)40-32(39-30)45-19-34-8-5-9-42(34)16-21(35)14-34/h1,6-7,12-13,15,21,43H,5,8-11,14,16-19H2,2-3H3/t21-,34+/m1/s1. The van der Waals surface area contributed by atoms with E-state index in [0.717, 1.165) is 19.4 Å². The van der Waals surface area contributed by atoms with Crippen molar-refractivity contribution < 1.29 is 27.8 Å². The molecule has 0 bridgehead atoms. The second-order valence-corrected chi connectivity index (χ2v) is 13.2. The van der Waals surface area contributed by atoms with Crippen molar-refractivity contribution in [2.45, 2.75) is 44.8 Å². The Morgan fingerprint density at radius 2 is 2.04 bits per heavy atom. The number of hydrogen-bond acceptors (Lipinski definition) is 8. The first kappa shape index (κ1) is 29.6. The minimum atomic E-state index is -0.928. The second kappa shape index (κ2) is 11.0. The minimum absolute atomic E-state index is 0.0313. The number of aromatic hydroxyl groups is 1. The Morgan fingerprint density at radius 1 is 1.20 bits per heavy atom. The number of alkyl halides is 1. The topological polar surface area (TPSA) is 83.8 Å². The average molecular weight is 618 g/mol. The molecule has 11 heteroatoms. The summed E-state index contributed by atoms with van der Waals surface area (Å²) in [5, 5.41) is 11.6. The van der Waals surface area contributed by atoms with Crippen LogP contribution in [0.25, 0.3) is 32.9 Å². The Bertz CT molecular complexity index is 1860. The first-order chi connectivity index (χ1) is 21.6. The number of benzene rings is 2. The van der Waals surface area contributed by atoms with E-state index in [1.165, 1.54) is 30.5 Å². The molecular weight excluding hydrogens is 583 g/mol. The summed E-state index contributed by atoms with van der Waals surface area (Å²) in [7, 11) is 0. The van der Waals surface area contributed by atoms with E-state index in [9.17, 15) is 13.9 Å². The number of fused-ring (bicyclic) bond motifs is 3. The maximum absolute atomic E-state index is 16.8. The molecule has 0 unspecified atom stereocenters. The van der Waals surface area contributed by atoms with Gasteiger partial charge in [-0.2, -0.15) is 9.97 Å². The molecule has 234 valence electrons. The summed E-state index contributed by atoms with van der Waals surface area (Å²) >= 11 is 0. The van der Waals surface area contributed by atoms with Gasteiger partial charge in [0.05, 0.1) is 29.7 Å². The molecule has 0 aliphatic carbocycles. The highest BCUT2D eigenvalue weighted by molar-refractivity contribution is 6.03. The van der Waals surface area contributed by atoms with Crippen molar-refractivity contribution >= 4 is 27.5 Å². The molecule has 3 saturated heterocycles. The molecule has 5 heterocycles. The number of phenols is 1. The van der Waals surface area contributed by atoms with Gasteiger partial charge in [-0.15, -0.1) is 6.42 Å². The fourth-order valence-electron chi connectivity index (χ4n) is 7.26. The number of halogens is 3. The molecule has 0 saturated carbocycles. The van der Waals surface area contributed by atoms with Crippen LogP contribution in [0.2, 0.25) is 0 Å². The summed E-state index contributed by atoms with van der Waals surface area (Å²) in [6.07, 6.45) is 8.34. The zero-order chi connectivity index (χ0) is 31.5. The molecule has 0 radical (unpaired) electrons. The van der Waals surface area contributed by atoms with Crippen LogP contribution >= 0.6 is 0 Å². The van der Waals surface area contributed by atoms with E-state index >= 15 is 4.39 Å². The van der Waals surface area contributed by atoms with Crippen molar-refractivity contribution in [3.8, 4) is 35.4 Å². The van der Waals surface area contributed by atoms with Gasteiger partial charge < -0.3 is 19.5 Å². The van der Waals surface area contributed by atoms with E-state index in [-0.39, 0.29) is 51.5 Å². The lowest BCUT2D eigenvalue weighted by Crippen LogP contribution is -2.43. The maximum Gasteiger partial charge on any atom is 0.319 e. The number of nitrogens with zero attached hydrogens (tertiary/aromatic N) is 5. The van der Waals surface area contributed by atoms with Crippen LogP contribution in [0.1, 0.15) is 38.7 Å². The number of rotatable bonds is 5. The van der Waals surface area contributed by atoms with Crippen LogP contribution in [0.5, 0.6) is 11.8 Å². The Labute approximate surface area is 259 Å². The zero-order valence-corrected chi connectivity index (χ0v) is 25.2. The molecule has 2 aromatic carbocycles. The molecule has 7 rings (SSSR count). The fourth-order valence-corrected chi connectivity index (χ4v) is 7.26. The fraction of sp³-hybridized carbons (Fsp3) is 0.441. The molecule has 2 aromatic heterocycles. The third-order valence-electron chi connectivity index (χ3n) is 9.24. The lowest BCUT2D eigenvalue weighted by atomic mass is 9.94. The van der Waals surface area contributed by atoms with E-state index in [1.54, 1.807) is 0 Å². The van der Waals surface area contributed by atoms with Crippen molar-refractivity contribution in [3.05, 3.63) is 47.7 Å². The lowest BCUT2D eigenvalue weighted by Gasteiger charge is -2.32. The normalized spacial score (nSPS) is 23.3. The minimum Gasteiger partial charge on any atom is -0.508 e. The molecule has 3 aliphatic heterocycles. The van der Waals surface area contributed by atoms with Crippen molar-refractivity contribution in [1.29, 1.82) is 0 Å². The van der Waals surface area contributed by atoms with Gasteiger partial charge in [-0.05, 0) is 43.0 Å². The summed E-state index contributed by atoms with van der Waals surface area (Å²) in [4.78, 5) is 17.9. The van der Waals surface area contributed by atoms with Crippen LogP contribution in [-0.4, -0.2) is 82.7 Å². The van der Waals surface area contributed by atoms with Crippen molar-refractivity contribution in [1.82, 2.24) is 19.9 Å². The molecule has 0 amide bonds. The molecule has 3 aliphatic rings. The molecule has 1 N–H and O–H groups in total. The van der Waals surface area contributed by atoms with Gasteiger partial charge >= 0.3 is 6.01 Å². The van der Waals surface area contributed by atoms with Gasteiger partial charge in [-0.1, -0.05) is 25.8 Å². The highest BCUT2D eigenvalue weighted by Gasteiger charge is 2.49. The largest absolute Gasteiger partial charge is 0.508 e. The van der Waals surface area contributed by atoms with Gasteiger partial charge in [0.25, 0.3) is 0 Å². The SMILES string of the molecule is C#Cc1c(F)ccc2cc(O)cc(-c3ncc4c(N5CCOCC(C)(C)C5)nc(OC[C@@]56CCCN5C[C@H](F)C6)nc4c3F)c12. The lowest BCUT2D eigenvalue weighted by molar-refractivity contribution is 0.0893. The van der Waals surface area contributed by atoms with Crippen LogP contribution in [0.4, 0.5) is 19.0 Å². The molecule has 3 fully saturated rings. The number of ether oxygens (including phenoxy) is 2. The number of terminal acetylenes is 1. The molecule has 0 spiro atoms. The van der Waals surface area contributed by atoms with E-state index in [4.69, 9.17) is 20.9 Å². The Kier molecular flexibility index (Phi) is 7.25. The number of pyridine rings is 1. The second-order valence-electron chi connectivity index (χ2n) is 13.2. The predicted octanol–water partition coefficient (Wildman–Crippen LogP) is 5.63. The highest BCUT2D eigenvalue weighted by Crippen LogP contribution is 2.42. The highest BCUT2D eigenvalue weighted by atomic mass is 19.1. The smallest absolute Gasteiger partial charge is 0.319 e. The van der Waals surface area contributed by atoms with Gasteiger partial charge in [-0.3, -0.25) is 9.88 Å². The van der Waals surface area contributed by atoms with Crippen molar-refractivity contribution in [2.75, 3.05) is 50.9 Å². The number of hydrogen-bond donors (Lipinski definition) is 1. The van der Waals surface area contributed by atoms with Crippen molar-refractivity contribution in [3.63, 3.8) is 0 Å². The van der Waals surface area contributed by atoms with Crippen LogP contribution in [0.3, 0.4) is 0 Å². The molecule has 4 aromatic rings. The third-order valence-corrected chi connectivity index (χ3v) is 9.24. The Hall–Kier alpha value is -4.14. The molecule has 2 atom stereocenters. The predicted molar refractivity (Wildman–Crippen MR) is 165 cm³/mol. The van der Waals surface area contributed by atoms with Gasteiger partial charge in [0.15, 0.2) is 5.82 Å². The summed E-state index contributed by atoms with van der Waals surface area (Å²) in [6, 6.07) is 5.40. The van der Waals surface area contributed by atoms with E-state index in [0.29, 0.717) is 55.9 Å². The Balaban J connectivity index is 1.39. The summed E-state index contributed by atoms with van der Waals surface area (Å²) in [5.74, 6) is 1.21. The van der Waals surface area contributed by atoms with Gasteiger partial charge in [-0.25, -0.2) is 13.2 Å². The first-order valence-corrected chi connectivity index (χ1v) is 15.2. The summed E-state index contributed by atoms with van der Waals surface area (Å²) < 4.78 is 58.1. The Morgan fingerprint density at radius 3 is 2.87 bits per heavy atom. The van der Waals surface area contributed by atoms with E-state index in [1.807, 2.05) is 4.90 Å². The van der Waals surface area contributed by atoms with E-state index < -0.39 is 23.3 Å². The van der Waals surface area contributed by atoms with Crippen LogP contribution < -0.4 is 9.64 Å². The molecular formula is C34H34F3N5O3. The van der Waals surface area contributed by atoms with Crippen LogP contribution in [0.15, 0.2) is 30.5 Å². The molecule has 8 nitrogen and oxygen atoms in total. The number of aromatic nitrogens is 3. The quantitative estimate of drug-likeness (QED) is 0.289. The zero-order valence-electron chi connectivity index (χ0n) is 25.2. The number of anilines is 1. The van der Waals surface area contributed by atoms with Crippen LogP contribution in [-0.2, 0) is 4.74 Å². The number of phenolic OH excluding ortho intramolecular Hbond substituents is 1. The van der Waals surface area contributed by atoms with E-state index in [2.05, 4.69) is 34.6 Å². The average Bonchev–Trinajstić information content (AvgIpc) is 3.46. The van der Waals surface area contributed by atoms with Gasteiger partial charge in [0.1, 0.15) is 41.4 Å². The third kappa shape index (κ3) is 5.20. The molecule has 45 heavy (non-hydrogen) atoms. The maximum atomic E-state index is 16.8. The van der Waals surface area contributed by atoms with Crippen molar-refractivity contribution in [2.24, 2.45) is 5.41 Å². The monoisotopic (exact) mass is 617 g/mol. The summed E-state index contributed by atoms with van der Waals surface area (Å²) in [6.45, 7) is 7.59. The van der Waals surface area contributed by atoms with Gasteiger partial charge in [0.2, 0.25) is 0 Å². The van der Waals surface area contributed by atoms with Crippen LogP contribution in [0, 0.1) is 29.4 Å².